The van der Waals surface area contributed by atoms with E-state index in [1.165, 1.54) is 0 Å². The average Bonchev–Trinajstić information content (AvgIpc) is 2.50. The Morgan fingerprint density at radius 2 is 1.93 bits per heavy atom. The molecule has 0 aromatic heterocycles. The number of sulfone groups is 1. The number of aliphatic imine (C=N–C) groups is 1. The molecule has 2 saturated heterocycles. The lowest BCUT2D eigenvalue weighted by atomic mass is 9.93. The van der Waals surface area contributed by atoms with E-state index in [1.54, 1.807) is 7.05 Å². The van der Waals surface area contributed by atoms with Crippen molar-refractivity contribution in [3.05, 3.63) is 0 Å². The van der Waals surface area contributed by atoms with Crippen LogP contribution in [0.5, 0.6) is 0 Å². The van der Waals surface area contributed by atoms with Gasteiger partial charge in [-0.3, -0.25) is 15.1 Å². The predicted molar refractivity (Wildman–Crippen MR) is 55.3 cm³/mol. The summed E-state index contributed by atoms with van der Waals surface area (Å²) in [5.41, 5.74) is -0.750. The van der Waals surface area contributed by atoms with Gasteiger partial charge in [0.05, 0.1) is 11.5 Å². The molecule has 2 heterocycles. The first-order valence-corrected chi connectivity index (χ1v) is 6.56. The first-order valence-electron chi connectivity index (χ1n) is 4.74. The third-order valence-corrected chi connectivity index (χ3v) is 4.58. The van der Waals surface area contributed by atoms with E-state index in [0.717, 1.165) is 0 Å². The highest BCUT2D eigenvalue weighted by atomic mass is 32.2. The van der Waals surface area contributed by atoms with Gasteiger partial charge in [-0.2, -0.15) is 0 Å². The Balaban J connectivity index is 2.20. The molecule has 2 N–H and O–H groups in total. The average molecular weight is 231 g/mol. The number of nitrogens with one attached hydrogen (secondary N) is 2. The molecular weight excluding hydrogens is 218 g/mol. The van der Waals surface area contributed by atoms with E-state index >= 15 is 0 Å². The van der Waals surface area contributed by atoms with Gasteiger partial charge in [0.2, 0.25) is 0 Å². The van der Waals surface area contributed by atoms with E-state index in [-0.39, 0.29) is 17.4 Å². The molecule has 0 aromatic carbocycles. The van der Waals surface area contributed by atoms with Gasteiger partial charge in [0, 0.05) is 7.05 Å². The summed E-state index contributed by atoms with van der Waals surface area (Å²) in [6.45, 7) is 0. The SMILES string of the molecule is CN=C1NC(=O)C2(CCS(=O)(=O)CC2)N1. The number of nitrogens with zero attached hydrogens (tertiary/aromatic N) is 1. The van der Waals surface area contributed by atoms with Crippen LogP contribution < -0.4 is 10.6 Å². The number of carbonyl (C=O) groups excluding carboxylic acids is 1. The Kier molecular flexibility index (Phi) is 2.22. The highest BCUT2D eigenvalue weighted by molar-refractivity contribution is 7.91. The monoisotopic (exact) mass is 231 g/mol. The van der Waals surface area contributed by atoms with Crippen molar-refractivity contribution in [1.82, 2.24) is 10.6 Å². The summed E-state index contributed by atoms with van der Waals surface area (Å²) in [7, 11) is -1.38. The van der Waals surface area contributed by atoms with E-state index in [4.69, 9.17) is 0 Å². The number of rotatable bonds is 0. The van der Waals surface area contributed by atoms with Crippen LogP contribution in [0, 0.1) is 0 Å². The van der Waals surface area contributed by atoms with Crippen LogP contribution in [0.25, 0.3) is 0 Å². The molecule has 0 atom stereocenters. The van der Waals surface area contributed by atoms with Gasteiger partial charge in [-0.25, -0.2) is 8.42 Å². The van der Waals surface area contributed by atoms with Crippen LogP contribution in [0.15, 0.2) is 4.99 Å². The Morgan fingerprint density at radius 1 is 1.33 bits per heavy atom. The largest absolute Gasteiger partial charge is 0.342 e. The fourth-order valence-electron chi connectivity index (χ4n) is 1.89. The summed E-state index contributed by atoms with van der Waals surface area (Å²) in [5.74, 6) is 0.381. The molecule has 0 aliphatic carbocycles. The van der Waals surface area contributed by atoms with Crippen molar-refractivity contribution < 1.29 is 13.2 Å². The summed E-state index contributed by atoms with van der Waals surface area (Å²) >= 11 is 0. The van der Waals surface area contributed by atoms with Crippen molar-refractivity contribution in [1.29, 1.82) is 0 Å². The molecule has 2 rings (SSSR count). The summed E-state index contributed by atoms with van der Waals surface area (Å²) in [5, 5.41) is 5.56. The molecule has 2 aliphatic heterocycles. The lowest BCUT2D eigenvalue weighted by Gasteiger charge is -2.30. The third kappa shape index (κ3) is 1.71. The van der Waals surface area contributed by atoms with Crippen LogP contribution in [0.4, 0.5) is 0 Å². The Labute approximate surface area is 88.1 Å². The van der Waals surface area contributed by atoms with Gasteiger partial charge < -0.3 is 5.32 Å². The van der Waals surface area contributed by atoms with Gasteiger partial charge in [-0.15, -0.1) is 0 Å². The molecule has 0 bridgehead atoms. The van der Waals surface area contributed by atoms with Crippen LogP contribution in [0.1, 0.15) is 12.8 Å². The summed E-state index contributed by atoms with van der Waals surface area (Å²) in [4.78, 5) is 15.5. The van der Waals surface area contributed by atoms with E-state index < -0.39 is 15.4 Å². The minimum atomic E-state index is -2.95. The number of carbonyl (C=O) groups is 1. The maximum atomic E-state index is 11.7. The molecular formula is C8H13N3O3S. The topological polar surface area (TPSA) is 87.6 Å². The van der Waals surface area contributed by atoms with Gasteiger partial charge in [-0.05, 0) is 12.8 Å². The van der Waals surface area contributed by atoms with Crippen LogP contribution in [0.3, 0.4) is 0 Å². The normalized spacial score (nSPS) is 30.2. The van der Waals surface area contributed by atoms with E-state index in [1.807, 2.05) is 0 Å². The van der Waals surface area contributed by atoms with E-state index in [0.29, 0.717) is 18.8 Å². The Hall–Kier alpha value is -1.11. The van der Waals surface area contributed by atoms with Crippen LogP contribution in [-0.2, 0) is 14.6 Å². The summed E-state index contributed by atoms with van der Waals surface area (Å²) < 4.78 is 22.5. The zero-order valence-corrected chi connectivity index (χ0v) is 9.23. The molecule has 0 saturated carbocycles. The number of amides is 1. The van der Waals surface area contributed by atoms with Gasteiger partial charge in [-0.1, -0.05) is 0 Å². The Bertz CT molecular complexity index is 412. The highest BCUT2D eigenvalue weighted by Crippen LogP contribution is 2.26. The smallest absolute Gasteiger partial charge is 0.252 e. The first-order chi connectivity index (χ1) is 6.97. The van der Waals surface area contributed by atoms with Gasteiger partial charge >= 0.3 is 0 Å². The van der Waals surface area contributed by atoms with E-state index in [2.05, 4.69) is 15.6 Å². The van der Waals surface area contributed by atoms with Crippen molar-refractivity contribution in [3.8, 4) is 0 Å². The van der Waals surface area contributed by atoms with Crippen molar-refractivity contribution >= 4 is 21.7 Å². The van der Waals surface area contributed by atoms with Crippen molar-refractivity contribution in [2.45, 2.75) is 18.4 Å². The maximum absolute atomic E-state index is 11.7. The zero-order valence-electron chi connectivity index (χ0n) is 8.41. The number of guanidine groups is 1. The molecule has 1 spiro atoms. The summed E-state index contributed by atoms with van der Waals surface area (Å²) in [6, 6.07) is 0. The van der Waals surface area contributed by atoms with Crippen molar-refractivity contribution in [2.75, 3.05) is 18.6 Å². The lowest BCUT2D eigenvalue weighted by Crippen LogP contribution is -2.52. The molecule has 0 unspecified atom stereocenters. The molecule has 0 aromatic rings. The number of hydrogen-bond acceptors (Lipinski definition) is 4. The molecule has 2 aliphatic rings. The van der Waals surface area contributed by atoms with Crippen molar-refractivity contribution in [2.24, 2.45) is 4.99 Å². The highest BCUT2D eigenvalue weighted by Gasteiger charge is 2.48. The second-order valence-electron chi connectivity index (χ2n) is 3.89. The zero-order chi connectivity index (χ0) is 11.1. The minimum absolute atomic E-state index is 0.0599. The molecule has 1 amide bonds. The molecule has 84 valence electrons. The standard InChI is InChI=1S/C8H13N3O3S/c1-9-7-10-6(12)8(11-7)2-4-15(13,14)5-3-8/h2-5H2,1H3,(H2,9,10,11,12). The molecule has 2 fully saturated rings. The maximum Gasteiger partial charge on any atom is 0.252 e. The fourth-order valence-corrected chi connectivity index (χ4v) is 3.42. The quantitative estimate of drug-likeness (QED) is 0.539. The summed E-state index contributed by atoms with van der Waals surface area (Å²) in [6.07, 6.45) is 0.639. The van der Waals surface area contributed by atoms with Gasteiger partial charge in [0.15, 0.2) is 15.8 Å². The van der Waals surface area contributed by atoms with Crippen LogP contribution >= 0.6 is 0 Å². The molecule has 7 heteroatoms. The van der Waals surface area contributed by atoms with Crippen LogP contribution in [0.2, 0.25) is 0 Å². The lowest BCUT2D eigenvalue weighted by molar-refractivity contribution is -0.124. The van der Waals surface area contributed by atoms with Gasteiger partial charge in [0.1, 0.15) is 5.54 Å². The Morgan fingerprint density at radius 3 is 2.40 bits per heavy atom. The third-order valence-electron chi connectivity index (χ3n) is 2.93. The number of hydrogen-bond donors (Lipinski definition) is 2. The minimum Gasteiger partial charge on any atom is -0.342 e. The molecule has 15 heavy (non-hydrogen) atoms. The van der Waals surface area contributed by atoms with Gasteiger partial charge in [0.25, 0.3) is 5.91 Å². The second-order valence-corrected chi connectivity index (χ2v) is 6.19. The van der Waals surface area contributed by atoms with E-state index in [9.17, 15) is 13.2 Å². The van der Waals surface area contributed by atoms with Crippen molar-refractivity contribution in [3.63, 3.8) is 0 Å². The fraction of sp³-hybridized carbons (Fsp3) is 0.750. The second kappa shape index (κ2) is 3.19. The molecule has 6 nitrogen and oxygen atoms in total. The van der Waals surface area contributed by atoms with Crippen LogP contribution in [-0.4, -0.2) is 44.4 Å². The predicted octanol–water partition coefficient (Wildman–Crippen LogP) is -1.36. The molecule has 0 radical (unpaired) electrons. The first kappa shape index (κ1) is 10.4.